The third-order valence-corrected chi connectivity index (χ3v) is 3.72. The summed E-state index contributed by atoms with van der Waals surface area (Å²) in [6, 6.07) is 10.2. The van der Waals surface area contributed by atoms with Gasteiger partial charge in [0.05, 0.1) is 18.2 Å². The maximum atomic E-state index is 9.48. The zero-order valence-electron chi connectivity index (χ0n) is 10.7. The molecule has 1 fully saturated rings. The molecule has 96 valence electrons. The van der Waals surface area contributed by atoms with Crippen molar-refractivity contribution in [1.82, 2.24) is 4.90 Å². The van der Waals surface area contributed by atoms with Crippen LogP contribution in [0.2, 0.25) is 0 Å². The van der Waals surface area contributed by atoms with Crippen LogP contribution in [0.1, 0.15) is 36.8 Å². The third kappa shape index (κ3) is 3.10. The first-order valence-electron chi connectivity index (χ1n) is 6.68. The number of hydrogen-bond acceptors (Lipinski definition) is 3. The predicted octanol–water partition coefficient (Wildman–Crippen LogP) is 2.30. The standard InChI is InChI=1S/C15H20N2O/c16-10-13-6-3-4-7-14(13)11-17-9-5-1-2-8-15(17)12-18/h3-4,6-7,15,18H,1-2,5,8-9,11-12H2. The molecule has 1 unspecified atom stereocenters. The number of likely N-dealkylation sites (tertiary alicyclic amines) is 1. The minimum atomic E-state index is 0.217. The third-order valence-electron chi connectivity index (χ3n) is 3.72. The Kier molecular flexibility index (Phi) is 4.74. The predicted molar refractivity (Wildman–Crippen MR) is 70.9 cm³/mol. The largest absolute Gasteiger partial charge is 0.395 e. The molecule has 1 saturated heterocycles. The molecule has 0 aromatic heterocycles. The number of nitrogens with zero attached hydrogens (tertiary/aromatic N) is 2. The highest BCUT2D eigenvalue weighted by Gasteiger charge is 2.20. The summed E-state index contributed by atoms with van der Waals surface area (Å²) in [6.45, 7) is 2.01. The molecule has 1 aromatic rings. The number of aliphatic hydroxyl groups excluding tert-OH is 1. The van der Waals surface area contributed by atoms with Gasteiger partial charge in [-0.05, 0) is 31.0 Å². The Labute approximate surface area is 109 Å². The van der Waals surface area contributed by atoms with E-state index in [2.05, 4.69) is 11.0 Å². The van der Waals surface area contributed by atoms with Gasteiger partial charge in [-0.3, -0.25) is 4.90 Å². The summed E-state index contributed by atoms with van der Waals surface area (Å²) < 4.78 is 0. The van der Waals surface area contributed by atoms with Crippen molar-refractivity contribution in [1.29, 1.82) is 5.26 Å². The highest BCUT2D eigenvalue weighted by Crippen LogP contribution is 2.20. The molecule has 1 aliphatic heterocycles. The number of aliphatic hydroxyl groups is 1. The lowest BCUT2D eigenvalue weighted by Crippen LogP contribution is -2.37. The molecule has 1 aliphatic rings. The van der Waals surface area contributed by atoms with Crippen molar-refractivity contribution in [2.45, 2.75) is 38.3 Å². The SMILES string of the molecule is N#Cc1ccccc1CN1CCCCCC1CO. The lowest BCUT2D eigenvalue weighted by molar-refractivity contribution is 0.118. The van der Waals surface area contributed by atoms with Crippen LogP contribution in [0.15, 0.2) is 24.3 Å². The fourth-order valence-electron chi connectivity index (χ4n) is 2.64. The smallest absolute Gasteiger partial charge is 0.0995 e. The molecule has 18 heavy (non-hydrogen) atoms. The average Bonchev–Trinajstić information content (AvgIpc) is 2.64. The fourth-order valence-corrected chi connectivity index (χ4v) is 2.64. The molecule has 0 amide bonds. The number of nitriles is 1. The van der Waals surface area contributed by atoms with Crippen molar-refractivity contribution < 1.29 is 5.11 Å². The van der Waals surface area contributed by atoms with E-state index in [1.807, 2.05) is 24.3 Å². The van der Waals surface area contributed by atoms with Crippen molar-refractivity contribution in [2.75, 3.05) is 13.2 Å². The van der Waals surface area contributed by atoms with E-state index in [9.17, 15) is 5.11 Å². The Morgan fingerprint density at radius 3 is 2.89 bits per heavy atom. The second-order valence-electron chi connectivity index (χ2n) is 4.93. The van der Waals surface area contributed by atoms with Crippen LogP contribution >= 0.6 is 0 Å². The van der Waals surface area contributed by atoms with Gasteiger partial charge in [-0.25, -0.2) is 0 Å². The summed E-state index contributed by atoms with van der Waals surface area (Å²) in [5, 5.41) is 18.6. The summed E-state index contributed by atoms with van der Waals surface area (Å²) in [4.78, 5) is 2.32. The van der Waals surface area contributed by atoms with Crippen LogP contribution in [-0.4, -0.2) is 29.2 Å². The Balaban J connectivity index is 2.13. The quantitative estimate of drug-likeness (QED) is 0.887. The Morgan fingerprint density at radius 1 is 1.28 bits per heavy atom. The summed E-state index contributed by atoms with van der Waals surface area (Å²) in [6.07, 6.45) is 4.69. The number of benzene rings is 1. The highest BCUT2D eigenvalue weighted by molar-refractivity contribution is 5.37. The van der Waals surface area contributed by atoms with Crippen LogP contribution in [0.3, 0.4) is 0 Å². The summed E-state index contributed by atoms with van der Waals surface area (Å²) in [7, 11) is 0. The van der Waals surface area contributed by atoms with Crippen LogP contribution in [0.4, 0.5) is 0 Å². The van der Waals surface area contributed by atoms with E-state index in [-0.39, 0.29) is 12.6 Å². The van der Waals surface area contributed by atoms with Gasteiger partial charge in [0.15, 0.2) is 0 Å². The molecule has 1 N–H and O–H groups in total. The van der Waals surface area contributed by atoms with E-state index in [0.29, 0.717) is 0 Å². The molecular formula is C15H20N2O. The Morgan fingerprint density at radius 2 is 2.11 bits per heavy atom. The van der Waals surface area contributed by atoms with E-state index < -0.39 is 0 Å². The molecule has 1 heterocycles. The van der Waals surface area contributed by atoms with Gasteiger partial charge >= 0.3 is 0 Å². The molecule has 0 radical (unpaired) electrons. The van der Waals surface area contributed by atoms with E-state index in [1.165, 1.54) is 19.3 Å². The molecule has 0 spiro atoms. The van der Waals surface area contributed by atoms with E-state index >= 15 is 0 Å². The lowest BCUT2D eigenvalue weighted by Gasteiger charge is -2.28. The van der Waals surface area contributed by atoms with Crippen LogP contribution in [0.25, 0.3) is 0 Å². The van der Waals surface area contributed by atoms with Crippen molar-refractivity contribution in [2.24, 2.45) is 0 Å². The summed E-state index contributed by atoms with van der Waals surface area (Å²) in [5.74, 6) is 0. The second kappa shape index (κ2) is 6.53. The van der Waals surface area contributed by atoms with Crippen molar-refractivity contribution >= 4 is 0 Å². The molecular weight excluding hydrogens is 224 g/mol. The van der Waals surface area contributed by atoms with E-state index in [1.54, 1.807) is 0 Å². The van der Waals surface area contributed by atoms with Gasteiger partial charge < -0.3 is 5.11 Å². The van der Waals surface area contributed by atoms with E-state index in [4.69, 9.17) is 5.26 Å². The van der Waals surface area contributed by atoms with Crippen molar-refractivity contribution in [3.63, 3.8) is 0 Å². The summed E-state index contributed by atoms with van der Waals surface area (Å²) >= 11 is 0. The molecule has 1 atom stereocenters. The first kappa shape index (κ1) is 13.1. The van der Waals surface area contributed by atoms with Crippen molar-refractivity contribution in [3.8, 4) is 6.07 Å². The number of hydrogen-bond donors (Lipinski definition) is 1. The number of rotatable bonds is 3. The van der Waals surface area contributed by atoms with Gasteiger partial charge in [0.25, 0.3) is 0 Å². The maximum Gasteiger partial charge on any atom is 0.0995 e. The van der Waals surface area contributed by atoms with Gasteiger partial charge in [0, 0.05) is 12.6 Å². The zero-order valence-corrected chi connectivity index (χ0v) is 10.7. The molecule has 0 saturated carbocycles. The molecule has 1 aromatic carbocycles. The second-order valence-corrected chi connectivity index (χ2v) is 4.93. The van der Waals surface area contributed by atoms with Gasteiger partial charge in [-0.15, -0.1) is 0 Å². The minimum absolute atomic E-state index is 0.217. The Hall–Kier alpha value is -1.37. The zero-order chi connectivity index (χ0) is 12.8. The first-order valence-corrected chi connectivity index (χ1v) is 6.68. The van der Waals surface area contributed by atoms with Crippen LogP contribution in [-0.2, 0) is 6.54 Å². The maximum absolute atomic E-state index is 9.48. The van der Waals surface area contributed by atoms with Crippen LogP contribution < -0.4 is 0 Å². The molecule has 3 heteroatoms. The van der Waals surface area contributed by atoms with Crippen LogP contribution in [0.5, 0.6) is 0 Å². The van der Waals surface area contributed by atoms with Gasteiger partial charge in [0.1, 0.15) is 0 Å². The minimum Gasteiger partial charge on any atom is -0.395 e. The average molecular weight is 244 g/mol. The first-order chi connectivity index (χ1) is 8.85. The molecule has 0 aliphatic carbocycles. The van der Waals surface area contributed by atoms with E-state index in [0.717, 1.165) is 30.6 Å². The van der Waals surface area contributed by atoms with Gasteiger partial charge in [-0.2, -0.15) is 5.26 Å². The topological polar surface area (TPSA) is 47.3 Å². The molecule has 2 rings (SSSR count). The highest BCUT2D eigenvalue weighted by atomic mass is 16.3. The monoisotopic (exact) mass is 244 g/mol. The molecule has 0 bridgehead atoms. The van der Waals surface area contributed by atoms with Gasteiger partial charge in [0.2, 0.25) is 0 Å². The normalized spacial score (nSPS) is 21.2. The van der Waals surface area contributed by atoms with Gasteiger partial charge in [-0.1, -0.05) is 31.0 Å². The van der Waals surface area contributed by atoms with Crippen molar-refractivity contribution in [3.05, 3.63) is 35.4 Å². The lowest BCUT2D eigenvalue weighted by atomic mass is 10.1. The molecule has 3 nitrogen and oxygen atoms in total. The fraction of sp³-hybridized carbons (Fsp3) is 0.533. The Bertz CT molecular complexity index is 425. The summed E-state index contributed by atoms with van der Waals surface area (Å²) in [5.41, 5.74) is 1.82. The van der Waals surface area contributed by atoms with Crippen LogP contribution in [0, 0.1) is 11.3 Å².